The fraction of sp³-hybridized carbons (Fsp3) is 0.333. The smallest absolute Gasteiger partial charge is 0.207 e. The molecule has 128 valence electrons. The fourth-order valence-corrected chi connectivity index (χ4v) is 5.50. The average Bonchev–Trinajstić information content (AvgIpc) is 2.53. The number of hydrogen-bond acceptors (Lipinski definition) is 2. The predicted molar refractivity (Wildman–Crippen MR) is 98.3 cm³/mol. The van der Waals surface area contributed by atoms with Crippen molar-refractivity contribution in [3.8, 4) is 0 Å². The zero-order valence-electron chi connectivity index (χ0n) is 13.4. The lowest BCUT2D eigenvalue weighted by Crippen LogP contribution is -2.27. The van der Waals surface area contributed by atoms with Crippen molar-refractivity contribution in [3.05, 3.63) is 63.1 Å². The normalized spacial score (nSPS) is 15.8. The van der Waals surface area contributed by atoms with Gasteiger partial charge in [0.25, 0.3) is 0 Å². The first kappa shape index (κ1) is 17.7. The summed E-state index contributed by atoms with van der Waals surface area (Å²) in [6.07, 6.45) is 4.56. The lowest BCUT2D eigenvalue weighted by Gasteiger charge is -2.20. The Kier molecular flexibility index (Phi) is 5.21. The highest BCUT2D eigenvalue weighted by Crippen LogP contribution is 2.31. The van der Waals surface area contributed by atoms with Gasteiger partial charge in [-0.15, -0.1) is 0 Å². The molecule has 0 radical (unpaired) electrons. The molecular formula is C18H19Cl2NO2S. The summed E-state index contributed by atoms with van der Waals surface area (Å²) in [5, 5.41) is 0.236. The summed E-state index contributed by atoms with van der Waals surface area (Å²) >= 11 is 12.1. The minimum absolute atomic E-state index is 0.0712. The fourth-order valence-electron chi connectivity index (χ4n) is 3.12. The third-order valence-corrected chi connectivity index (χ3v) is 6.89. The maximum Gasteiger partial charge on any atom is 0.244 e. The van der Waals surface area contributed by atoms with Crippen LogP contribution in [0, 0.1) is 0 Å². The number of aryl methyl sites for hydroxylation is 2. The second kappa shape index (κ2) is 7.04. The van der Waals surface area contributed by atoms with Crippen molar-refractivity contribution < 1.29 is 8.42 Å². The van der Waals surface area contributed by atoms with Gasteiger partial charge >= 0.3 is 0 Å². The molecule has 2 aromatic carbocycles. The topological polar surface area (TPSA) is 46.2 Å². The molecule has 24 heavy (non-hydrogen) atoms. The molecule has 6 heteroatoms. The van der Waals surface area contributed by atoms with E-state index in [4.69, 9.17) is 23.2 Å². The van der Waals surface area contributed by atoms with Crippen molar-refractivity contribution in [1.29, 1.82) is 0 Å². The third kappa shape index (κ3) is 3.62. The zero-order chi connectivity index (χ0) is 17.3. The number of rotatable bonds is 4. The van der Waals surface area contributed by atoms with Crippen LogP contribution in [0.15, 0.2) is 41.3 Å². The first-order valence-corrected chi connectivity index (χ1v) is 10.2. The van der Waals surface area contributed by atoms with Gasteiger partial charge in [-0.3, -0.25) is 0 Å². The third-order valence-electron chi connectivity index (χ3n) is 4.39. The van der Waals surface area contributed by atoms with E-state index >= 15 is 0 Å². The Morgan fingerprint density at radius 1 is 1.00 bits per heavy atom. The van der Waals surface area contributed by atoms with E-state index in [0.29, 0.717) is 0 Å². The van der Waals surface area contributed by atoms with Crippen LogP contribution < -0.4 is 4.72 Å². The minimum atomic E-state index is -3.80. The van der Waals surface area contributed by atoms with E-state index in [1.54, 1.807) is 6.07 Å². The maximum atomic E-state index is 12.7. The molecule has 0 bridgehead atoms. The standard InChI is InChI=1S/C18H19Cl2NO2S/c1-12(14-10-9-13-5-2-3-6-15(13)11-14)21-24(22,23)18-16(19)7-4-8-17(18)20/h4,7-12,21H,2-3,5-6H2,1H3. The molecule has 0 heterocycles. The molecule has 1 N–H and O–H groups in total. The van der Waals surface area contributed by atoms with Gasteiger partial charge in [0.2, 0.25) is 10.0 Å². The van der Waals surface area contributed by atoms with Gasteiger partial charge in [0, 0.05) is 6.04 Å². The molecule has 0 spiro atoms. The molecule has 3 nitrogen and oxygen atoms in total. The Morgan fingerprint density at radius 3 is 2.29 bits per heavy atom. The summed E-state index contributed by atoms with van der Waals surface area (Å²) in [6.45, 7) is 1.83. The summed E-state index contributed by atoms with van der Waals surface area (Å²) in [7, 11) is -3.80. The maximum absolute atomic E-state index is 12.7. The molecule has 0 saturated heterocycles. The van der Waals surface area contributed by atoms with E-state index < -0.39 is 10.0 Å². The quantitative estimate of drug-likeness (QED) is 0.814. The highest BCUT2D eigenvalue weighted by molar-refractivity contribution is 7.89. The lowest BCUT2D eigenvalue weighted by atomic mass is 9.89. The van der Waals surface area contributed by atoms with Crippen LogP contribution in [0.5, 0.6) is 0 Å². The van der Waals surface area contributed by atoms with Gasteiger partial charge in [0.15, 0.2) is 0 Å². The molecular weight excluding hydrogens is 365 g/mol. The first-order chi connectivity index (χ1) is 11.4. The van der Waals surface area contributed by atoms with E-state index in [1.807, 2.05) is 13.0 Å². The Balaban J connectivity index is 1.87. The van der Waals surface area contributed by atoms with Gasteiger partial charge in [0.1, 0.15) is 4.90 Å². The largest absolute Gasteiger partial charge is 0.244 e. The summed E-state index contributed by atoms with van der Waals surface area (Å²) in [4.78, 5) is -0.0712. The summed E-state index contributed by atoms with van der Waals surface area (Å²) in [6, 6.07) is 10.5. The van der Waals surface area contributed by atoms with Gasteiger partial charge in [-0.25, -0.2) is 13.1 Å². The van der Waals surface area contributed by atoms with Crippen molar-refractivity contribution >= 4 is 33.2 Å². The summed E-state index contributed by atoms with van der Waals surface area (Å²) in [5.74, 6) is 0. The summed E-state index contributed by atoms with van der Waals surface area (Å²) in [5.41, 5.74) is 3.64. The van der Waals surface area contributed by atoms with Crippen LogP contribution in [-0.2, 0) is 22.9 Å². The van der Waals surface area contributed by atoms with Crippen molar-refractivity contribution in [2.24, 2.45) is 0 Å². The van der Waals surface area contributed by atoms with Gasteiger partial charge in [-0.2, -0.15) is 0 Å². The molecule has 1 atom stereocenters. The lowest BCUT2D eigenvalue weighted by molar-refractivity contribution is 0.566. The van der Waals surface area contributed by atoms with Gasteiger partial charge < -0.3 is 0 Å². The zero-order valence-corrected chi connectivity index (χ0v) is 15.7. The molecule has 3 rings (SSSR count). The van der Waals surface area contributed by atoms with Gasteiger partial charge in [0.05, 0.1) is 10.0 Å². The number of sulfonamides is 1. The van der Waals surface area contributed by atoms with Crippen LogP contribution in [-0.4, -0.2) is 8.42 Å². The highest BCUT2D eigenvalue weighted by Gasteiger charge is 2.24. The van der Waals surface area contributed by atoms with Gasteiger partial charge in [-0.05, 0) is 61.4 Å². The molecule has 2 aromatic rings. The van der Waals surface area contributed by atoms with Gasteiger partial charge in [-0.1, -0.05) is 47.5 Å². The van der Waals surface area contributed by atoms with Crippen LogP contribution in [0.1, 0.15) is 42.5 Å². The predicted octanol–water partition coefficient (Wildman–Crippen LogP) is 4.91. The number of nitrogens with one attached hydrogen (secondary N) is 1. The Morgan fingerprint density at radius 2 is 1.62 bits per heavy atom. The monoisotopic (exact) mass is 383 g/mol. The van der Waals surface area contributed by atoms with Crippen LogP contribution >= 0.6 is 23.2 Å². The number of halogens is 2. The molecule has 0 aliphatic heterocycles. The highest BCUT2D eigenvalue weighted by atomic mass is 35.5. The Hall–Kier alpha value is -1.07. The Labute approximate surface area is 153 Å². The van der Waals surface area contributed by atoms with E-state index in [-0.39, 0.29) is 21.0 Å². The molecule has 1 aliphatic carbocycles. The van der Waals surface area contributed by atoms with Crippen LogP contribution in [0.2, 0.25) is 10.0 Å². The van der Waals surface area contributed by atoms with E-state index in [2.05, 4.69) is 16.9 Å². The van der Waals surface area contributed by atoms with E-state index in [1.165, 1.54) is 36.1 Å². The second-order valence-electron chi connectivity index (χ2n) is 6.13. The van der Waals surface area contributed by atoms with Crippen molar-refractivity contribution in [2.75, 3.05) is 0 Å². The molecule has 1 aliphatic rings. The average molecular weight is 384 g/mol. The van der Waals surface area contributed by atoms with Crippen molar-refractivity contribution in [3.63, 3.8) is 0 Å². The number of hydrogen-bond donors (Lipinski definition) is 1. The van der Waals surface area contributed by atoms with Crippen LogP contribution in [0.25, 0.3) is 0 Å². The Bertz CT molecular complexity index is 845. The summed E-state index contributed by atoms with van der Waals surface area (Å²) < 4.78 is 28.0. The molecule has 1 unspecified atom stereocenters. The molecule has 0 fully saturated rings. The van der Waals surface area contributed by atoms with Crippen molar-refractivity contribution in [2.45, 2.75) is 43.5 Å². The number of fused-ring (bicyclic) bond motifs is 1. The van der Waals surface area contributed by atoms with Crippen LogP contribution in [0.4, 0.5) is 0 Å². The second-order valence-corrected chi connectivity index (χ2v) is 8.59. The number of benzene rings is 2. The first-order valence-electron chi connectivity index (χ1n) is 7.96. The van der Waals surface area contributed by atoms with Crippen molar-refractivity contribution in [1.82, 2.24) is 4.72 Å². The van der Waals surface area contributed by atoms with E-state index in [9.17, 15) is 8.42 Å². The molecule has 0 amide bonds. The molecule has 0 saturated carbocycles. The SMILES string of the molecule is CC(NS(=O)(=O)c1c(Cl)cccc1Cl)c1ccc2c(c1)CCCC2. The van der Waals surface area contributed by atoms with Crippen LogP contribution in [0.3, 0.4) is 0 Å². The van der Waals surface area contributed by atoms with E-state index in [0.717, 1.165) is 18.4 Å². The molecule has 0 aromatic heterocycles. The minimum Gasteiger partial charge on any atom is -0.207 e.